The average molecular weight is 434 g/mol. The summed E-state index contributed by atoms with van der Waals surface area (Å²) in [4.78, 5) is 12.6. The Kier molecular flexibility index (Phi) is 6.35. The second-order valence-corrected chi connectivity index (χ2v) is 7.77. The van der Waals surface area contributed by atoms with Crippen molar-refractivity contribution in [2.75, 3.05) is 5.32 Å². The molecule has 1 amide bonds. The highest BCUT2D eigenvalue weighted by atomic mass is 35.5. The van der Waals surface area contributed by atoms with Crippen molar-refractivity contribution in [3.8, 4) is 11.5 Å². The summed E-state index contributed by atoms with van der Waals surface area (Å²) in [6, 6.07) is 9.97. The predicted octanol–water partition coefficient (Wildman–Crippen LogP) is 5.62. The molecule has 3 aromatic rings. The van der Waals surface area contributed by atoms with Crippen molar-refractivity contribution < 1.29 is 14.6 Å². The van der Waals surface area contributed by atoms with Gasteiger partial charge in [-0.15, -0.1) is 0 Å². The van der Waals surface area contributed by atoms with E-state index in [2.05, 4.69) is 10.4 Å². The molecular weight excluding hydrogens is 413 g/mol. The number of hydrogen-bond acceptors (Lipinski definition) is 4. The zero-order chi connectivity index (χ0) is 21.1. The number of aryl methyl sites for hydroxylation is 1. The molecule has 0 aliphatic carbocycles. The number of hydrogen-bond donors (Lipinski definition) is 2. The van der Waals surface area contributed by atoms with E-state index in [4.69, 9.17) is 27.9 Å². The second kappa shape index (κ2) is 8.76. The third kappa shape index (κ3) is 5.02. The van der Waals surface area contributed by atoms with Gasteiger partial charge in [-0.1, -0.05) is 37.0 Å². The summed E-state index contributed by atoms with van der Waals surface area (Å²) >= 11 is 12.0. The molecule has 1 heterocycles. The molecule has 2 N–H and O–H groups in total. The smallest absolute Gasteiger partial charge is 0.276 e. The van der Waals surface area contributed by atoms with Gasteiger partial charge in [0.25, 0.3) is 5.91 Å². The van der Waals surface area contributed by atoms with Crippen LogP contribution in [-0.4, -0.2) is 20.8 Å². The molecule has 152 valence electrons. The first-order valence-electron chi connectivity index (χ1n) is 9.00. The lowest BCUT2D eigenvalue weighted by atomic mass is 9.99. The Balaban J connectivity index is 1.69. The summed E-state index contributed by atoms with van der Waals surface area (Å²) in [6.45, 7) is 5.86. The third-order valence-electron chi connectivity index (χ3n) is 4.36. The van der Waals surface area contributed by atoms with Crippen LogP contribution in [0.5, 0.6) is 11.5 Å². The van der Waals surface area contributed by atoms with E-state index in [1.165, 1.54) is 4.68 Å². The highest BCUT2D eigenvalue weighted by Gasteiger charge is 2.15. The third-order valence-corrected chi connectivity index (χ3v) is 4.89. The molecule has 0 atom stereocenters. The van der Waals surface area contributed by atoms with Crippen LogP contribution in [0.15, 0.2) is 42.6 Å². The van der Waals surface area contributed by atoms with Crippen LogP contribution in [0.3, 0.4) is 0 Å². The van der Waals surface area contributed by atoms with Crippen LogP contribution >= 0.6 is 23.2 Å². The lowest BCUT2D eigenvalue weighted by molar-refractivity contribution is 0.102. The zero-order valence-corrected chi connectivity index (χ0v) is 17.8. The van der Waals surface area contributed by atoms with E-state index >= 15 is 0 Å². The van der Waals surface area contributed by atoms with Gasteiger partial charge in [0, 0.05) is 16.9 Å². The first-order chi connectivity index (χ1) is 13.7. The molecule has 29 heavy (non-hydrogen) atoms. The molecule has 0 saturated carbocycles. The van der Waals surface area contributed by atoms with Gasteiger partial charge in [-0.3, -0.25) is 4.79 Å². The zero-order valence-electron chi connectivity index (χ0n) is 16.2. The van der Waals surface area contributed by atoms with Crippen LogP contribution in [0.25, 0.3) is 0 Å². The highest BCUT2D eigenvalue weighted by Crippen LogP contribution is 2.31. The number of phenols is 1. The van der Waals surface area contributed by atoms with Gasteiger partial charge in [0.15, 0.2) is 12.4 Å². The fourth-order valence-corrected chi connectivity index (χ4v) is 3.24. The molecule has 0 aliphatic heterocycles. The Hall–Kier alpha value is -2.70. The van der Waals surface area contributed by atoms with Gasteiger partial charge in [0.2, 0.25) is 0 Å². The summed E-state index contributed by atoms with van der Waals surface area (Å²) < 4.78 is 7.10. The van der Waals surface area contributed by atoms with Crippen LogP contribution in [0.1, 0.15) is 41.4 Å². The Morgan fingerprint density at radius 3 is 2.69 bits per heavy atom. The number of aromatic nitrogens is 2. The van der Waals surface area contributed by atoms with Crippen LogP contribution in [-0.2, 0) is 6.73 Å². The van der Waals surface area contributed by atoms with Crippen LogP contribution in [0.2, 0.25) is 10.0 Å². The summed E-state index contributed by atoms with van der Waals surface area (Å²) in [5.74, 6) is 0.468. The standard InChI is InChI=1S/C21H21Cl2N3O3/c1-12(2)15-10-18(13(3)8-19(15)27)24-21(28)17-6-7-26(25-17)11-29-20-5-4-14(22)9-16(20)23/h4-10,12,27H,11H2,1-3H3,(H,24,28). The average Bonchev–Trinajstić information content (AvgIpc) is 3.12. The highest BCUT2D eigenvalue weighted by molar-refractivity contribution is 6.35. The summed E-state index contributed by atoms with van der Waals surface area (Å²) in [5, 5.41) is 18.1. The molecule has 8 heteroatoms. The number of anilines is 1. The van der Waals surface area contributed by atoms with E-state index in [9.17, 15) is 9.90 Å². The molecule has 2 aromatic carbocycles. The summed E-state index contributed by atoms with van der Waals surface area (Å²) in [5.41, 5.74) is 2.41. The minimum absolute atomic E-state index is 0.0877. The SMILES string of the molecule is Cc1cc(O)c(C(C)C)cc1NC(=O)c1ccn(COc2ccc(Cl)cc2Cl)n1. The topological polar surface area (TPSA) is 76.4 Å². The number of halogens is 2. The molecule has 3 rings (SSSR count). The van der Waals surface area contributed by atoms with Crippen molar-refractivity contribution in [2.45, 2.75) is 33.4 Å². The number of amides is 1. The lowest BCUT2D eigenvalue weighted by Crippen LogP contribution is -2.15. The van der Waals surface area contributed by atoms with Crippen LogP contribution in [0, 0.1) is 6.92 Å². The maximum Gasteiger partial charge on any atom is 0.276 e. The number of nitrogens with zero attached hydrogens (tertiary/aromatic N) is 2. The number of nitrogens with one attached hydrogen (secondary N) is 1. The van der Waals surface area contributed by atoms with Gasteiger partial charge in [0.05, 0.1) is 5.02 Å². The van der Waals surface area contributed by atoms with Crippen molar-refractivity contribution in [2.24, 2.45) is 0 Å². The molecule has 0 radical (unpaired) electrons. The molecule has 0 bridgehead atoms. The number of carbonyl (C=O) groups excluding carboxylic acids is 1. The Morgan fingerprint density at radius 1 is 1.24 bits per heavy atom. The van der Waals surface area contributed by atoms with E-state index in [-0.39, 0.29) is 30.0 Å². The Labute approximate surface area is 179 Å². The van der Waals surface area contributed by atoms with Crippen LogP contribution in [0.4, 0.5) is 5.69 Å². The van der Waals surface area contributed by atoms with Crippen molar-refractivity contribution in [3.05, 3.63) is 69.5 Å². The van der Waals surface area contributed by atoms with E-state index in [0.29, 0.717) is 21.5 Å². The summed E-state index contributed by atoms with van der Waals surface area (Å²) in [7, 11) is 0. The number of phenolic OH excluding ortho intramolecular Hbond substituents is 1. The molecule has 6 nitrogen and oxygen atoms in total. The maximum atomic E-state index is 12.6. The minimum atomic E-state index is -0.350. The predicted molar refractivity (Wildman–Crippen MR) is 114 cm³/mol. The maximum absolute atomic E-state index is 12.6. The fourth-order valence-electron chi connectivity index (χ4n) is 2.78. The first-order valence-corrected chi connectivity index (χ1v) is 9.76. The lowest BCUT2D eigenvalue weighted by Gasteiger charge is -2.14. The summed E-state index contributed by atoms with van der Waals surface area (Å²) in [6.07, 6.45) is 1.64. The number of benzene rings is 2. The van der Waals surface area contributed by atoms with Crippen molar-refractivity contribution >= 4 is 34.8 Å². The molecule has 0 saturated heterocycles. The van der Waals surface area contributed by atoms with E-state index < -0.39 is 0 Å². The number of carbonyl (C=O) groups is 1. The Bertz CT molecular complexity index is 1050. The largest absolute Gasteiger partial charge is 0.508 e. The fraction of sp³-hybridized carbons (Fsp3) is 0.238. The van der Waals surface area contributed by atoms with Crippen LogP contribution < -0.4 is 10.1 Å². The van der Waals surface area contributed by atoms with Gasteiger partial charge >= 0.3 is 0 Å². The van der Waals surface area contributed by atoms with Gasteiger partial charge < -0.3 is 15.2 Å². The molecule has 0 fully saturated rings. The monoisotopic (exact) mass is 433 g/mol. The molecule has 1 aromatic heterocycles. The molecule has 0 aliphatic rings. The van der Waals surface area contributed by atoms with Crippen molar-refractivity contribution in [1.82, 2.24) is 9.78 Å². The molecule has 0 unspecified atom stereocenters. The van der Waals surface area contributed by atoms with Gasteiger partial charge in [-0.25, -0.2) is 4.68 Å². The van der Waals surface area contributed by atoms with Crippen molar-refractivity contribution in [3.63, 3.8) is 0 Å². The van der Waals surface area contributed by atoms with Gasteiger partial charge in [0.1, 0.15) is 11.5 Å². The van der Waals surface area contributed by atoms with Gasteiger partial charge in [-0.2, -0.15) is 5.10 Å². The Morgan fingerprint density at radius 2 is 2.00 bits per heavy atom. The minimum Gasteiger partial charge on any atom is -0.508 e. The first kappa shape index (κ1) is 21.0. The van der Waals surface area contributed by atoms with E-state index in [1.807, 2.05) is 20.8 Å². The normalized spacial score (nSPS) is 11.0. The number of aromatic hydroxyl groups is 1. The van der Waals surface area contributed by atoms with Gasteiger partial charge in [-0.05, 0) is 60.4 Å². The molecule has 0 spiro atoms. The second-order valence-electron chi connectivity index (χ2n) is 6.92. The number of rotatable bonds is 6. The van der Waals surface area contributed by atoms with E-state index in [1.54, 1.807) is 42.6 Å². The van der Waals surface area contributed by atoms with E-state index in [0.717, 1.165) is 11.1 Å². The molecular formula is C21H21Cl2N3O3. The van der Waals surface area contributed by atoms with Crippen molar-refractivity contribution in [1.29, 1.82) is 0 Å². The number of ether oxygens (including phenoxy) is 1. The quantitative estimate of drug-likeness (QED) is 0.494.